The quantitative estimate of drug-likeness (QED) is 0.436. The van der Waals surface area contributed by atoms with Gasteiger partial charge in [0, 0.05) is 12.7 Å². The smallest absolute Gasteiger partial charge is 0.325 e. The molecule has 2 amide bonds. The van der Waals surface area contributed by atoms with Gasteiger partial charge in [-0.05, 0) is 5.56 Å². The molecule has 0 fully saturated rings. The number of benzene rings is 1. The third-order valence-corrected chi connectivity index (χ3v) is 3.18. The van der Waals surface area contributed by atoms with Gasteiger partial charge in [-0.1, -0.05) is 30.3 Å². The molecular formula is C15H16N4O5. The van der Waals surface area contributed by atoms with Crippen LogP contribution in [0.3, 0.4) is 0 Å². The van der Waals surface area contributed by atoms with Crippen molar-refractivity contribution in [2.45, 2.75) is 12.6 Å². The molecule has 0 saturated heterocycles. The summed E-state index contributed by atoms with van der Waals surface area (Å²) < 4.78 is 0. The van der Waals surface area contributed by atoms with Crippen LogP contribution in [0.1, 0.15) is 15.9 Å². The summed E-state index contributed by atoms with van der Waals surface area (Å²) in [5.74, 6) is -1.49. The lowest BCUT2D eigenvalue weighted by Crippen LogP contribution is -2.49. The van der Waals surface area contributed by atoms with Gasteiger partial charge in [0.05, 0.1) is 6.61 Å². The molecule has 0 aliphatic carbocycles. The molecule has 1 atom stereocenters. The number of aromatic amines is 2. The first-order chi connectivity index (χ1) is 11.5. The fourth-order valence-electron chi connectivity index (χ4n) is 1.92. The van der Waals surface area contributed by atoms with Crippen LogP contribution in [-0.4, -0.2) is 39.5 Å². The van der Waals surface area contributed by atoms with Crippen molar-refractivity contribution >= 4 is 11.8 Å². The highest BCUT2D eigenvalue weighted by Gasteiger charge is 2.21. The molecule has 2 rings (SSSR count). The van der Waals surface area contributed by atoms with Crippen molar-refractivity contribution in [2.75, 3.05) is 6.61 Å². The summed E-state index contributed by atoms with van der Waals surface area (Å²) in [7, 11) is 0. The van der Waals surface area contributed by atoms with Crippen molar-refractivity contribution < 1.29 is 14.7 Å². The topological polar surface area (TPSA) is 144 Å². The molecule has 0 aliphatic heterocycles. The van der Waals surface area contributed by atoms with Crippen molar-refractivity contribution in [3.8, 4) is 0 Å². The van der Waals surface area contributed by atoms with Crippen LogP contribution < -0.4 is 21.9 Å². The molecule has 0 radical (unpaired) electrons. The van der Waals surface area contributed by atoms with Crippen LogP contribution >= 0.6 is 0 Å². The van der Waals surface area contributed by atoms with E-state index in [0.717, 1.165) is 11.8 Å². The Labute approximate surface area is 135 Å². The highest BCUT2D eigenvalue weighted by atomic mass is 16.3. The minimum atomic E-state index is -1.23. The zero-order valence-corrected chi connectivity index (χ0v) is 12.5. The van der Waals surface area contributed by atoms with Gasteiger partial charge in [0.2, 0.25) is 5.91 Å². The molecule has 1 unspecified atom stereocenters. The Hall–Kier alpha value is -3.20. The summed E-state index contributed by atoms with van der Waals surface area (Å²) in [5, 5.41) is 14.1. The lowest BCUT2D eigenvalue weighted by Gasteiger charge is -2.16. The molecule has 1 aromatic carbocycles. The Bertz CT molecular complexity index is 828. The van der Waals surface area contributed by atoms with Crippen molar-refractivity contribution in [3.05, 3.63) is 68.5 Å². The fourth-order valence-corrected chi connectivity index (χ4v) is 1.92. The van der Waals surface area contributed by atoms with Gasteiger partial charge >= 0.3 is 5.69 Å². The number of H-pyrrole nitrogens is 2. The zero-order chi connectivity index (χ0) is 17.5. The van der Waals surface area contributed by atoms with Crippen LogP contribution in [0.15, 0.2) is 46.1 Å². The number of aliphatic hydroxyl groups is 1. The second-order valence-corrected chi connectivity index (χ2v) is 4.90. The normalized spacial score (nSPS) is 11.5. The molecule has 0 spiro atoms. The predicted molar refractivity (Wildman–Crippen MR) is 84.3 cm³/mol. The number of rotatable bonds is 6. The van der Waals surface area contributed by atoms with Gasteiger partial charge in [-0.3, -0.25) is 19.4 Å². The van der Waals surface area contributed by atoms with Gasteiger partial charge in [0.25, 0.3) is 11.5 Å². The number of hydrogen-bond donors (Lipinski definition) is 5. The lowest BCUT2D eigenvalue weighted by molar-refractivity contribution is -0.124. The highest BCUT2D eigenvalue weighted by Crippen LogP contribution is 1.98. The third kappa shape index (κ3) is 4.40. The van der Waals surface area contributed by atoms with E-state index >= 15 is 0 Å². The Morgan fingerprint density at radius 3 is 2.50 bits per heavy atom. The minimum absolute atomic E-state index is 0.227. The SMILES string of the molecule is O=C(NC(CO)C(=O)NCc1ccccc1)c1c[nH]c(=O)[nH]c1=O. The van der Waals surface area contributed by atoms with E-state index in [2.05, 4.69) is 15.6 Å². The number of carbonyl (C=O) groups excluding carboxylic acids is 2. The van der Waals surface area contributed by atoms with Crippen LogP contribution in [0.4, 0.5) is 0 Å². The van der Waals surface area contributed by atoms with Crippen LogP contribution in [0.25, 0.3) is 0 Å². The molecule has 24 heavy (non-hydrogen) atoms. The molecule has 9 heteroatoms. The third-order valence-electron chi connectivity index (χ3n) is 3.18. The summed E-state index contributed by atoms with van der Waals surface area (Å²) in [6.45, 7) is -0.418. The maximum absolute atomic E-state index is 12.0. The first-order valence-electron chi connectivity index (χ1n) is 7.06. The van der Waals surface area contributed by atoms with Gasteiger partial charge in [0.15, 0.2) is 0 Å². The monoisotopic (exact) mass is 332 g/mol. The van der Waals surface area contributed by atoms with Crippen molar-refractivity contribution in [2.24, 2.45) is 0 Å². The molecular weight excluding hydrogens is 316 g/mol. The minimum Gasteiger partial charge on any atom is -0.394 e. The average Bonchev–Trinajstić information content (AvgIpc) is 2.58. The van der Waals surface area contributed by atoms with E-state index in [1.165, 1.54) is 0 Å². The number of nitrogens with one attached hydrogen (secondary N) is 4. The van der Waals surface area contributed by atoms with Crippen LogP contribution in [0.5, 0.6) is 0 Å². The first-order valence-corrected chi connectivity index (χ1v) is 7.06. The maximum atomic E-state index is 12.0. The summed E-state index contributed by atoms with van der Waals surface area (Å²) in [5.41, 5.74) is -1.16. The van der Waals surface area contributed by atoms with Gasteiger partial charge < -0.3 is 20.7 Å². The van der Waals surface area contributed by atoms with E-state index in [0.29, 0.717) is 0 Å². The van der Waals surface area contributed by atoms with Crippen LogP contribution in [0.2, 0.25) is 0 Å². The standard InChI is InChI=1S/C15H16N4O5/c20-8-11(14(23)16-6-9-4-2-1-3-5-9)18-12(21)10-7-17-15(24)19-13(10)22/h1-5,7,11,20H,6,8H2,(H,16,23)(H,18,21)(H2,17,19,22,24). The number of aromatic nitrogens is 2. The fraction of sp³-hybridized carbons (Fsp3) is 0.200. The summed E-state index contributed by atoms with van der Waals surface area (Å²) >= 11 is 0. The number of carbonyl (C=O) groups is 2. The van der Waals surface area contributed by atoms with Gasteiger partial charge in [-0.25, -0.2) is 4.79 Å². The van der Waals surface area contributed by atoms with Crippen molar-refractivity contribution in [1.82, 2.24) is 20.6 Å². The Balaban J connectivity index is 2.00. The molecule has 1 heterocycles. The Morgan fingerprint density at radius 1 is 1.17 bits per heavy atom. The molecule has 0 aliphatic rings. The van der Waals surface area contributed by atoms with Gasteiger partial charge in [-0.2, -0.15) is 0 Å². The number of hydrogen-bond acceptors (Lipinski definition) is 5. The summed E-state index contributed by atoms with van der Waals surface area (Å²) in [4.78, 5) is 50.5. The highest BCUT2D eigenvalue weighted by molar-refractivity contribution is 5.97. The number of amides is 2. The summed E-state index contributed by atoms with van der Waals surface area (Å²) in [6, 6.07) is 7.86. The molecule has 0 saturated carbocycles. The van der Waals surface area contributed by atoms with E-state index in [-0.39, 0.29) is 12.1 Å². The molecule has 2 aromatic rings. The lowest BCUT2D eigenvalue weighted by atomic mass is 10.2. The van der Waals surface area contributed by atoms with Crippen LogP contribution in [0, 0.1) is 0 Å². The average molecular weight is 332 g/mol. The van der Waals surface area contributed by atoms with Gasteiger partial charge in [0.1, 0.15) is 11.6 Å². The van der Waals surface area contributed by atoms with E-state index in [9.17, 15) is 24.3 Å². The van der Waals surface area contributed by atoms with E-state index < -0.39 is 35.7 Å². The van der Waals surface area contributed by atoms with E-state index in [1.807, 2.05) is 35.3 Å². The van der Waals surface area contributed by atoms with Crippen molar-refractivity contribution in [3.63, 3.8) is 0 Å². The molecule has 1 aromatic heterocycles. The maximum Gasteiger partial charge on any atom is 0.325 e. The Morgan fingerprint density at radius 2 is 1.88 bits per heavy atom. The zero-order valence-electron chi connectivity index (χ0n) is 12.5. The predicted octanol–water partition coefficient (Wildman–Crippen LogP) is -1.53. The van der Waals surface area contributed by atoms with Crippen molar-refractivity contribution in [1.29, 1.82) is 0 Å². The second-order valence-electron chi connectivity index (χ2n) is 4.90. The Kier molecular flexibility index (Phi) is 5.63. The first kappa shape index (κ1) is 17.2. The van der Waals surface area contributed by atoms with E-state index in [4.69, 9.17) is 0 Å². The van der Waals surface area contributed by atoms with Crippen LogP contribution in [-0.2, 0) is 11.3 Å². The summed E-state index contributed by atoms with van der Waals surface area (Å²) in [6.07, 6.45) is 0.937. The molecule has 9 nitrogen and oxygen atoms in total. The second kappa shape index (κ2) is 7.88. The van der Waals surface area contributed by atoms with Gasteiger partial charge in [-0.15, -0.1) is 0 Å². The largest absolute Gasteiger partial charge is 0.394 e. The molecule has 126 valence electrons. The van der Waals surface area contributed by atoms with E-state index in [1.54, 1.807) is 0 Å². The number of aliphatic hydroxyl groups excluding tert-OH is 1. The molecule has 0 bridgehead atoms. The molecule has 5 N–H and O–H groups in total.